The molecule has 0 fully saturated rings. The van der Waals surface area contributed by atoms with Crippen LogP contribution in [0.5, 0.6) is 11.5 Å². The van der Waals surface area contributed by atoms with Crippen LogP contribution in [0.3, 0.4) is 0 Å². The minimum absolute atomic E-state index is 0.113. The number of hydrogen-bond acceptors (Lipinski definition) is 4. The molecular weight excluding hydrogens is 268 g/mol. The lowest BCUT2D eigenvalue weighted by Gasteiger charge is -2.17. The molecular formula is C17H22O4. The molecule has 2 rings (SSSR count). The Morgan fingerprint density at radius 1 is 1.14 bits per heavy atom. The summed E-state index contributed by atoms with van der Waals surface area (Å²) < 4.78 is 17.0. The number of fused-ring (bicyclic) bond motifs is 1. The topological polar surface area (TPSA) is 44.8 Å². The average molecular weight is 290 g/mol. The van der Waals surface area contributed by atoms with Crippen LogP contribution >= 0.6 is 0 Å². The SMILES string of the molecule is C=C(C)C(=O)c1ccc(CCC)c2c1OCCOCCO2. The summed E-state index contributed by atoms with van der Waals surface area (Å²) in [4.78, 5) is 12.3. The van der Waals surface area contributed by atoms with Gasteiger partial charge in [-0.1, -0.05) is 26.0 Å². The number of carbonyl (C=O) groups excluding carboxylic acids is 1. The number of hydrogen-bond donors (Lipinski definition) is 0. The molecule has 0 bridgehead atoms. The lowest BCUT2D eigenvalue weighted by atomic mass is 9.99. The Morgan fingerprint density at radius 2 is 1.81 bits per heavy atom. The van der Waals surface area contributed by atoms with E-state index in [4.69, 9.17) is 14.2 Å². The Hall–Kier alpha value is -1.81. The number of rotatable bonds is 4. The number of aryl methyl sites for hydroxylation is 1. The Labute approximate surface area is 125 Å². The number of carbonyl (C=O) groups is 1. The third kappa shape index (κ3) is 3.64. The molecule has 1 aromatic rings. The van der Waals surface area contributed by atoms with E-state index in [1.807, 2.05) is 12.1 Å². The fourth-order valence-corrected chi connectivity index (χ4v) is 2.29. The molecule has 1 aliphatic rings. The Bertz CT molecular complexity index is 534. The number of benzene rings is 1. The molecule has 1 heterocycles. The monoisotopic (exact) mass is 290 g/mol. The highest BCUT2D eigenvalue weighted by Gasteiger charge is 2.21. The molecule has 0 atom stereocenters. The van der Waals surface area contributed by atoms with E-state index in [0.717, 1.165) is 18.4 Å². The van der Waals surface area contributed by atoms with Crippen molar-refractivity contribution in [1.29, 1.82) is 0 Å². The van der Waals surface area contributed by atoms with Crippen LogP contribution in [0.1, 0.15) is 36.2 Å². The molecule has 0 aliphatic carbocycles. The van der Waals surface area contributed by atoms with E-state index in [-0.39, 0.29) is 5.78 Å². The zero-order valence-electron chi connectivity index (χ0n) is 12.7. The maximum absolute atomic E-state index is 12.3. The third-order valence-corrected chi connectivity index (χ3v) is 3.29. The van der Waals surface area contributed by atoms with E-state index in [1.54, 1.807) is 6.92 Å². The van der Waals surface area contributed by atoms with Gasteiger partial charge in [0.25, 0.3) is 0 Å². The Morgan fingerprint density at radius 3 is 2.43 bits per heavy atom. The van der Waals surface area contributed by atoms with Gasteiger partial charge in [-0.25, -0.2) is 0 Å². The molecule has 0 saturated carbocycles. The number of allylic oxidation sites excluding steroid dienone is 1. The first-order chi connectivity index (χ1) is 10.1. The van der Waals surface area contributed by atoms with Gasteiger partial charge in [0.15, 0.2) is 17.3 Å². The fraction of sp³-hybridized carbons (Fsp3) is 0.471. The summed E-state index contributed by atoms with van der Waals surface area (Å²) in [6, 6.07) is 3.75. The lowest BCUT2D eigenvalue weighted by molar-refractivity contribution is 0.0872. The van der Waals surface area contributed by atoms with Crippen molar-refractivity contribution in [2.45, 2.75) is 26.7 Å². The van der Waals surface area contributed by atoms with Crippen LogP contribution < -0.4 is 9.47 Å². The molecule has 1 aromatic carbocycles. The molecule has 4 nitrogen and oxygen atoms in total. The molecule has 0 radical (unpaired) electrons. The molecule has 0 N–H and O–H groups in total. The second-order valence-corrected chi connectivity index (χ2v) is 5.10. The van der Waals surface area contributed by atoms with Gasteiger partial charge >= 0.3 is 0 Å². The zero-order chi connectivity index (χ0) is 15.2. The minimum Gasteiger partial charge on any atom is -0.487 e. The van der Waals surface area contributed by atoms with Gasteiger partial charge in [-0.05, 0) is 30.5 Å². The molecule has 114 valence electrons. The van der Waals surface area contributed by atoms with Gasteiger partial charge in [0.2, 0.25) is 0 Å². The van der Waals surface area contributed by atoms with E-state index in [9.17, 15) is 4.79 Å². The van der Waals surface area contributed by atoms with E-state index in [0.29, 0.717) is 49.1 Å². The first-order valence-corrected chi connectivity index (χ1v) is 7.34. The van der Waals surface area contributed by atoms with Crippen molar-refractivity contribution in [2.24, 2.45) is 0 Å². The van der Waals surface area contributed by atoms with Crippen molar-refractivity contribution < 1.29 is 19.0 Å². The quantitative estimate of drug-likeness (QED) is 0.631. The molecule has 0 unspecified atom stereocenters. The van der Waals surface area contributed by atoms with Crippen LogP contribution in [-0.2, 0) is 11.2 Å². The maximum atomic E-state index is 12.3. The third-order valence-electron chi connectivity index (χ3n) is 3.29. The second kappa shape index (κ2) is 7.27. The normalized spacial score (nSPS) is 14.8. The zero-order valence-corrected chi connectivity index (χ0v) is 12.7. The predicted octanol–water partition coefficient (Wildman–Crippen LogP) is 3.19. The number of Topliss-reactive ketones (excluding diaryl/α,β-unsaturated/α-hetero) is 1. The second-order valence-electron chi connectivity index (χ2n) is 5.10. The first kappa shape index (κ1) is 15.6. The Kier molecular flexibility index (Phi) is 5.39. The number of ether oxygens (including phenoxy) is 3. The van der Waals surface area contributed by atoms with Gasteiger partial charge in [0, 0.05) is 0 Å². The standard InChI is InChI=1S/C17H22O4/c1-4-5-13-6-7-14(15(18)12(2)3)17-16(13)20-10-8-19-9-11-21-17/h6-7H,2,4-5,8-11H2,1,3H3. The maximum Gasteiger partial charge on any atom is 0.192 e. The predicted molar refractivity (Wildman–Crippen MR) is 81.4 cm³/mol. The van der Waals surface area contributed by atoms with Gasteiger partial charge in [0.05, 0.1) is 18.8 Å². The molecule has 4 heteroatoms. The lowest BCUT2D eigenvalue weighted by Crippen LogP contribution is -2.10. The van der Waals surface area contributed by atoms with Gasteiger partial charge in [0.1, 0.15) is 13.2 Å². The summed E-state index contributed by atoms with van der Waals surface area (Å²) in [6.45, 7) is 9.41. The van der Waals surface area contributed by atoms with Crippen LogP contribution in [0.4, 0.5) is 0 Å². The highest BCUT2D eigenvalue weighted by atomic mass is 16.6. The van der Waals surface area contributed by atoms with Crippen LogP contribution in [-0.4, -0.2) is 32.2 Å². The summed E-state index contributed by atoms with van der Waals surface area (Å²) in [5.41, 5.74) is 2.06. The molecule has 1 aliphatic heterocycles. The van der Waals surface area contributed by atoms with E-state index >= 15 is 0 Å². The summed E-state index contributed by atoms with van der Waals surface area (Å²) in [7, 11) is 0. The van der Waals surface area contributed by atoms with Crippen molar-refractivity contribution in [2.75, 3.05) is 26.4 Å². The van der Waals surface area contributed by atoms with Crippen molar-refractivity contribution in [3.05, 3.63) is 35.4 Å². The largest absolute Gasteiger partial charge is 0.487 e. The molecule has 0 amide bonds. The smallest absolute Gasteiger partial charge is 0.192 e. The summed E-state index contributed by atoms with van der Waals surface area (Å²) >= 11 is 0. The van der Waals surface area contributed by atoms with Crippen LogP contribution in [0.15, 0.2) is 24.3 Å². The van der Waals surface area contributed by atoms with Crippen molar-refractivity contribution in [3.8, 4) is 11.5 Å². The van der Waals surface area contributed by atoms with Crippen LogP contribution in [0.2, 0.25) is 0 Å². The molecule has 0 saturated heterocycles. The highest BCUT2D eigenvalue weighted by molar-refractivity contribution is 6.10. The molecule has 0 spiro atoms. The fourth-order valence-electron chi connectivity index (χ4n) is 2.29. The minimum atomic E-state index is -0.113. The molecule has 0 aromatic heterocycles. The van der Waals surface area contributed by atoms with E-state index < -0.39 is 0 Å². The van der Waals surface area contributed by atoms with Crippen LogP contribution in [0.25, 0.3) is 0 Å². The first-order valence-electron chi connectivity index (χ1n) is 7.34. The van der Waals surface area contributed by atoms with Crippen molar-refractivity contribution in [3.63, 3.8) is 0 Å². The van der Waals surface area contributed by atoms with Crippen molar-refractivity contribution in [1.82, 2.24) is 0 Å². The summed E-state index contributed by atoms with van der Waals surface area (Å²) in [5.74, 6) is 1.09. The van der Waals surface area contributed by atoms with Gasteiger partial charge in [-0.15, -0.1) is 0 Å². The van der Waals surface area contributed by atoms with Crippen LogP contribution in [0, 0.1) is 0 Å². The van der Waals surface area contributed by atoms with E-state index in [2.05, 4.69) is 13.5 Å². The molecule has 21 heavy (non-hydrogen) atoms. The van der Waals surface area contributed by atoms with E-state index in [1.165, 1.54) is 0 Å². The summed E-state index contributed by atoms with van der Waals surface area (Å²) in [5, 5.41) is 0. The van der Waals surface area contributed by atoms with Crippen molar-refractivity contribution >= 4 is 5.78 Å². The van der Waals surface area contributed by atoms with Gasteiger partial charge in [-0.3, -0.25) is 4.79 Å². The number of ketones is 1. The van der Waals surface area contributed by atoms with Gasteiger partial charge in [-0.2, -0.15) is 0 Å². The Balaban J connectivity index is 2.50. The van der Waals surface area contributed by atoms with Gasteiger partial charge < -0.3 is 14.2 Å². The summed E-state index contributed by atoms with van der Waals surface area (Å²) in [6.07, 6.45) is 1.88. The highest BCUT2D eigenvalue weighted by Crippen LogP contribution is 2.37. The average Bonchev–Trinajstić information content (AvgIpc) is 2.59.